The summed E-state index contributed by atoms with van der Waals surface area (Å²) >= 11 is 1.85. The van der Waals surface area contributed by atoms with E-state index in [2.05, 4.69) is 43.0 Å². The molecule has 0 N–H and O–H groups in total. The van der Waals surface area contributed by atoms with Gasteiger partial charge in [0.25, 0.3) is 0 Å². The molecule has 2 aliphatic rings. The Hall–Kier alpha value is -1.13. The van der Waals surface area contributed by atoms with E-state index in [0.29, 0.717) is 0 Å². The number of hydrogen-bond donors (Lipinski definition) is 0. The monoisotopic (exact) mass is 289 g/mol. The summed E-state index contributed by atoms with van der Waals surface area (Å²) in [6.07, 6.45) is 0. The molecular weight excluding hydrogens is 266 g/mol. The van der Waals surface area contributed by atoms with Gasteiger partial charge in [0.15, 0.2) is 0 Å². The van der Waals surface area contributed by atoms with Gasteiger partial charge in [0.05, 0.1) is 6.54 Å². The zero-order valence-electron chi connectivity index (χ0n) is 12.9. The van der Waals surface area contributed by atoms with Crippen molar-refractivity contribution in [3.05, 3.63) is 27.0 Å². The van der Waals surface area contributed by atoms with Gasteiger partial charge in [0, 0.05) is 31.1 Å². The number of thiophene rings is 1. The highest BCUT2D eigenvalue weighted by Gasteiger charge is 2.26. The van der Waals surface area contributed by atoms with Crippen molar-refractivity contribution in [1.82, 2.24) is 9.80 Å². The van der Waals surface area contributed by atoms with Crippen LogP contribution in [-0.2, 0) is 0 Å². The van der Waals surface area contributed by atoms with Crippen molar-refractivity contribution in [2.24, 2.45) is 4.99 Å². The molecule has 1 aromatic rings. The number of amidine groups is 1. The highest BCUT2D eigenvalue weighted by molar-refractivity contribution is 7.10. The Morgan fingerprint density at radius 1 is 1.10 bits per heavy atom. The number of nitrogens with zero attached hydrogens (tertiary/aromatic N) is 3. The first kappa shape index (κ1) is 13.8. The van der Waals surface area contributed by atoms with Gasteiger partial charge in [-0.2, -0.15) is 0 Å². The van der Waals surface area contributed by atoms with Crippen LogP contribution in [0, 0.1) is 13.8 Å². The molecule has 0 unspecified atom stereocenters. The Labute approximate surface area is 125 Å². The van der Waals surface area contributed by atoms with Crippen LogP contribution in [0.15, 0.2) is 15.9 Å². The summed E-state index contributed by atoms with van der Waals surface area (Å²) in [5.41, 5.74) is 5.67. The van der Waals surface area contributed by atoms with Crippen LogP contribution in [0.25, 0.3) is 5.57 Å². The van der Waals surface area contributed by atoms with Crippen LogP contribution < -0.4 is 0 Å². The van der Waals surface area contributed by atoms with Crippen LogP contribution in [0.3, 0.4) is 0 Å². The van der Waals surface area contributed by atoms with Gasteiger partial charge in [0.1, 0.15) is 5.84 Å². The van der Waals surface area contributed by atoms with Gasteiger partial charge in [-0.3, -0.25) is 4.99 Å². The minimum Gasteiger partial charge on any atom is -0.354 e. The molecule has 3 nitrogen and oxygen atoms in total. The third-order valence-corrected chi connectivity index (χ3v) is 5.47. The Kier molecular flexibility index (Phi) is 3.69. The van der Waals surface area contributed by atoms with Gasteiger partial charge in [-0.15, -0.1) is 11.3 Å². The highest BCUT2D eigenvalue weighted by atomic mass is 32.1. The van der Waals surface area contributed by atoms with Crippen LogP contribution in [0.5, 0.6) is 0 Å². The molecular formula is C16H23N3S. The summed E-state index contributed by atoms with van der Waals surface area (Å²) in [5, 5.41) is 2.26. The van der Waals surface area contributed by atoms with Gasteiger partial charge >= 0.3 is 0 Å². The molecule has 1 saturated heterocycles. The molecule has 0 aliphatic carbocycles. The zero-order valence-corrected chi connectivity index (χ0v) is 13.7. The second-order valence-corrected chi connectivity index (χ2v) is 6.97. The molecule has 0 atom stereocenters. The van der Waals surface area contributed by atoms with E-state index in [1.807, 2.05) is 11.3 Å². The van der Waals surface area contributed by atoms with Crippen molar-refractivity contribution >= 4 is 22.7 Å². The van der Waals surface area contributed by atoms with E-state index < -0.39 is 0 Å². The maximum absolute atomic E-state index is 4.84. The molecule has 0 radical (unpaired) electrons. The maximum atomic E-state index is 4.84. The predicted octanol–water partition coefficient (Wildman–Crippen LogP) is 2.80. The quantitative estimate of drug-likeness (QED) is 0.791. The van der Waals surface area contributed by atoms with E-state index in [9.17, 15) is 0 Å². The fraction of sp³-hybridized carbons (Fsp3) is 0.562. The van der Waals surface area contributed by atoms with Crippen molar-refractivity contribution in [3.63, 3.8) is 0 Å². The van der Waals surface area contributed by atoms with Crippen molar-refractivity contribution in [3.8, 4) is 0 Å². The van der Waals surface area contributed by atoms with Gasteiger partial charge in [-0.05, 0) is 55.5 Å². The van der Waals surface area contributed by atoms with E-state index in [1.165, 1.54) is 33.0 Å². The fourth-order valence-corrected chi connectivity index (χ4v) is 4.04. The molecule has 0 bridgehead atoms. The normalized spacial score (nSPS) is 20.8. The number of rotatable bonds is 1. The second kappa shape index (κ2) is 5.34. The smallest absolute Gasteiger partial charge is 0.127 e. The summed E-state index contributed by atoms with van der Waals surface area (Å²) < 4.78 is 0. The number of aliphatic imine (C=N–C) groups is 1. The van der Waals surface area contributed by atoms with Crippen molar-refractivity contribution in [1.29, 1.82) is 0 Å². The van der Waals surface area contributed by atoms with Crippen LogP contribution in [0.4, 0.5) is 0 Å². The Morgan fingerprint density at radius 2 is 1.80 bits per heavy atom. The first-order valence-corrected chi connectivity index (χ1v) is 8.19. The number of hydrogen-bond acceptors (Lipinski definition) is 4. The summed E-state index contributed by atoms with van der Waals surface area (Å²) in [7, 11) is 2.19. The summed E-state index contributed by atoms with van der Waals surface area (Å²) in [5.74, 6) is 1.23. The fourth-order valence-electron chi connectivity index (χ4n) is 3.17. The lowest BCUT2D eigenvalue weighted by Crippen LogP contribution is -2.47. The first-order chi connectivity index (χ1) is 9.58. The van der Waals surface area contributed by atoms with E-state index in [0.717, 1.165) is 32.7 Å². The van der Waals surface area contributed by atoms with Crippen LogP contribution in [0.2, 0.25) is 0 Å². The number of aryl methyl sites for hydroxylation is 2. The third-order valence-electron chi connectivity index (χ3n) is 4.44. The van der Waals surface area contributed by atoms with E-state index >= 15 is 0 Å². The van der Waals surface area contributed by atoms with Crippen molar-refractivity contribution < 1.29 is 0 Å². The Balaban J connectivity index is 1.86. The third kappa shape index (κ3) is 2.31. The molecule has 3 rings (SSSR count). The van der Waals surface area contributed by atoms with Gasteiger partial charge in [-0.25, -0.2) is 0 Å². The number of piperazine rings is 1. The molecule has 2 aliphatic heterocycles. The average Bonchev–Trinajstić information content (AvgIpc) is 2.95. The summed E-state index contributed by atoms with van der Waals surface area (Å²) in [6.45, 7) is 12.0. The molecule has 0 spiro atoms. The minimum atomic E-state index is 0.853. The molecule has 0 aromatic carbocycles. The van der Waals surface area contributed by atoms with Crippen molar-refractivity contribution in [2.45, 2.75) is 20.8 Å². The molecule has 0 amide bonds. The lowest BCUT2D eigenvalue weighted by Gasteiger charge is -2.34. The Morgan fingerprint density at radius 3 is 2.40 bits per heavy atom. The first-order valence-electron chi connectivity index (χ1n) is 7.31. The molecule has 1 fully saturated rings. The van der Waals surface area contributed by atoms with E-state index in [-0.39, 0.29) is 0 Å². The molecule has 4 heteroatoms. The maximum Gasteiger partial charge on any atom is 0.127 e. The van der Waals surface area contributed by atoms with Crippen molar-refractivity contribution in [2.75, 3.05) is 39.8 Å². The molecule has 1 aromatic heterocycles. The second-order valence-electron chi connectivity index (χ2n) is 5.88. The molecule has 20 heavy (non-hydrogen) atoms. The number of likely N-dealkylation sites (N-methyl/N-ethyl adjacent to an activating group) is 1. The molecule has 108 valence electrons. The zero-order chi connectivity index (χ0) is 14.3. The van der Waals surface area contributed by atoms with E-state index in [1.54, 1.807) is 0 Å². The molecule has 0 saturated carbocycles. The lowest BCUT2D eigenvalue weighted by molar-refractivity contribution is 0.215. The standard InChI is InChI=1S/C16H23N3S/c1-11-10-20-13(3)15(11)14-9-17-16(12(14)2)19-7-5-18(4)6-8-19/h10H,5-9H2,1-4H3. The lowest BCUT2D eigenvalue weighted by atomic mass is 9.99. The molecule has 3 heterocycles. The van der Waals surface area contributed by atoms with Gasteiger partial charge < -0.3 is 9.80 Å². The summed E-state index contributed by atoms with van der Waals surface area (Å²) in [4.78, 5) is 11.1. The average molecular weight is 289 g/mol. The van der Waals surface area contributed by atoms with Gasteiger partial charge in [0.2, 0.25) is 0 Å². The SMILES string of the molecule is CC1=C(c2c(C)csc2C)CN=C1N1CCN(C)CC1. The Bertz CT molecular complexity index is 555. The van der Waals surface area contributed by atoms with Crippen LogP contribution >= 0.6 is 11.3 Å². The highest BCUT2D eigenvalue weighted by Crippen LogP contribution is 2.34. The predicted molar refractivity (Wildman–Crippen MR) is 87.8 cm³/mol. The largest absolute Gasteiger partial charge is 0.354 e. The minimum absolute atomic E-state index is 0.853. The topological polar surface area (TPSA) is 18.8 Å². The van der Waals surface area contributed by atoms with Gasteiger partial charge in [-0.1, -0.05) is 0 Å². The summed E-state index contributed by atoms with van der Waals surface area (Å²) in [6, 6.07) is 0. The van der Waals surface area contributed by atoms with Crippen LogP contribution in [-0.4, -0.2) is 55.4 Å². The van der Waals surface area contributed by atoms with E-state index in [4.69, 9.17) is 4.99 Å². The van der Waals surface area contributed by atoms with Crippen LogP contribution in [0.1, 0.15) is 22.9 Å².